The molecule has 0 amide bonds. The van der Waals surface area contributed by atoms with Gasteiger partial charge in [-0.2, -0.15) is 0 Å². The van der Waals surface area contributed by atoms with E-state index in [0.717, 1.165) is 25.0 Å². The summed E-state index contributed by atoms with van der Waals surface area (Å²) in [6.45, 7) is 11.5. The summed E-state index contributed by atoms with van der Waals surface area (Å²) in [6.07, 6.45) is 2.87. The number of hydrogen-bond donors (Lipinski definition) is 3. The van der Waals surface area contributed by atoms with Crippen molar-refractivity contribution in [3.05, 3.63) is 22.4 Å². The van der Waals surface area contributed by atoms with Crippen LogP contribution in [0.5, 0.6) is 0 Å². The van der Waals surface area contributed by atoms with Crippen LogP contribution in [-0.4, -0.2) is 35.2 Å². The Bertz CT molecular complexity index is 507. The van der Waals surface area contributed by atoms with Gasteiger partial charge in [-0.05, 0) is 50.3 Å². The van der Waals surface area contributed by atoms with Gasteiger partial charge in [-0.3, -0.25) is 4.57 Å². The maximum atomic E-state index is 11.1. The van der Waals surface area contributed by atoms with Gasteiger partial charge in [0.2, 0.25) is 0 Å². The highest BCUT2D eigenvalue weighted by atomic mass is 31.2. The van der Waals surface area contributed by atoms with Crippen molar-refractivity contribution in [3.63, 3.8) is 0 Å². The van der Waals surface area contributed by atoms with Crippen molar-refractivity contribution in [1.82, 2.24) is 5.32 Å². The van der Waals surface area contributed by atoms with E-state index in [0.29, 0.717) is 6.61 Å². The molecule has 0 bridgehead atoms. The third-order valence-corrected chi connectivity index (χ3v) is 5.40. The number of ether oxygens (including phenoxy) is 1. The van der Waals surface area contributed by atoms with Gasteiger partial charge >= 0.3 is 7.60 Å². The minimum atomic E-state index is -3.99. The fourth-order valence-electron chi connectivity index (χ4n) is 3.12. The molecule has 1 heterocycles. The summed E-state index contributed by atoms with van der Waals surface area (Å²) >= 11 is 0. The van der Waals surface area contributed by atoms with Crippen LogP contribution in [0.15, 0.2) is 22.4 Å². The molecule has 0 aromatic heterocycles. The van der Waals surface area contributed by atoms with Crippen LogP contribution in [0.1, 0.15) is 53.9 Å². The van der Waals surface area contributed by atoms with Gasteiger partial charge in [0.05, 0.1) is 18.9 Å². The van der Waals surface area contributed by atoms with Gasteiger partial charge in [-0.25, -0.2) is 0 Å². The van der Waals surface area contributed by atoms with Gasteiger partial charge in [0, 0.05) is 18.2 Å². The highest BCUT2D eigenvalue weighted by Gasteiger charge is 2.27. The van der Waals surface area contributed by atoms with Gasteiger partial charge in [-0.15, -0.1) is 0 Å². The molecule has 0 aromatic carbocycles. The molecule has 5 nitrogen and oxygen atoms in total. The van der Waals surface area contributed by atoms with E-state index in [-0.39, 0.29) is 24.7 Å². The molecule has 134 valence electrons. The van der Waals surface area contributed by atoms with Crippen molar-refractivity contribution in [2.75, 3.05) is 19.3 Å². The van der Waals surface area contributed by atoms with E-state index >= 15 is 0 Å². The van der Waals surface area contributed by atoms with Crippen LogP contribution in [0, 0.1) is 5.92 Å². The molecule has 0 saturated heterocycles. The molecule has 0 fully saturated rings. The van der Waals surface area contributed by atoms with Crippen molar-refractivity contribution in [3.8, 4) is 0 Å². The van der Waals surface area contributed by atoms with Gasteiger partial charge in [0.25, 0.3) is 0 Å². The average molecular weight is 345 g/mol. The first-order valence-corrected chi connectivity index (χ1v) is 10.3. The third-order valence-electron chi connectivity index (χ3n) is 4.59. The predicted molar refractivity (Wildman–Crippen MR) is 94.4 cm³/mol. The summed E-state index contributed by atoms with van der Waals surface area (Å²) < 4.78 is 17.2. The Labute approximate surface area is 140 Å². The predicted octanol–water partition coefficient (Wildman–Crippen LogP) is 3.59. The highest BCUT2D eigenvalue weighted by molar-refractivity contribution is 7.51. The van der Waals surface area contributed by atoms with Crippen molar-refractivity contribution in [2.24, 2.45) is 5.92 Å². The molecule has 0 aromatic rings. The lowest BCUT2D eigenvalue weighted by Gasteiger charge is -2.33. The number of nitrogens with one attached hydrogen (secondary N) is 1. The zero-order chi connectivity index (χ0) is 17.6. The lowest BCUT2D eigenvalue weighted by atomic mass is 9.86. The molecule has 0 spiro atoms. The van der Waals surface area contributed by atoms with Crippen LogP contribution in [0.2, 0.25) is 0 Å². The number of allylic oxidation sites excluding steroid dienone is 2. The van der Waals surface area contributed by atoms with Crippen molar-refractivity contribution in [1.29, 1.82) is 0 Å². The topological polar surface area (TPSA) is 78.8 Å². The summed E-state index contributed by atoms with van der Waals surface area (Å²) in [5, 5.41) is 3.34. The molecule has 23 heavy (non-hydrogen) atoms. The van der Waals surface area contributed by atoms with Crippen molar-refractivity contribution in [2.45, 2.75) is 60.0 Å². The smallest absolute Gasteiger partial charge is 0.327 e. The van der Waals surface area contributed by atoms with Crippen LogP contribution >= 0.6 is 7.60 Å². The first-order valence-electron chi connectivity index (χ1n) is 8.51. The minimum Gasteiger partial charge on any atom is -0.387 e. The Balaban J connectivity index is 3.20. The highest BCUT2D eigenvalue weighted by Crippen LogP contribution is 2.35. The molecule has 1 aliphatic rings. The summed E-state index contributed by atoms with van der Waals surface area (Å²) in [5.41, 5.74) is 4.82. The molecule has 2 atom stereocenters. The quantitative estimate of drug-likeness (QED) is 0.615. The Morgan fingerprint density at radius 1 is 1.30 bits per heavy atom. The third kappa shape index (κ3) is 6.07. The second kappa shape index (κ2) is 9.03. The number of hydrogen-bond acceptors (Lipinski definition) is 3. The molecule has 0 aliphatic carbocycles. The van der Waals surface area contributed by atoms with Crippen LogP contribution < -0.4 is 5.32 Å². The standard InChI is InChI=1S/C17H32NO4P/c1-6-8-16-14(5)22-11-12(3)13(4)15(7-2)17(16)18-9-10-23(19,20)21/h14,16,18H,6-11H2,1-5H3,(H2,19,20,21)/t14-,16+/m0/s1. The van der Waals surface area contributed by atoms with E-state index < -0.39 is 7.60 Å². The fraction of sp³-hybridized carbons (Fsp3) is 0.765. The molecule has 0 saturated carbocycles. The SMILES string of the molecule is CCC[C@H]1C(NCCP(=O)(O)O)=C(CC)C(C)=C(C)CO[C@H]1C. The number of rotatable bonds is 7. The van der Waals surface area contributed by atoms with Crippen LogP contribution in [-0.2, 0) is 9.30 Å². The lowest BCUT2D eigenvalue weighted by Crippen LogP contribution is -2.34. The summed E-state index contributed by atoms with van der Waals surface area (Å²) in [6, 6.07) is 0. The van der Waals surface area contributed by atoms with E-state index in [4.69, 9.17) is 14.5 Å². The van der Waals surface area contributed by atoms with Gasteiger partial charge in [-0.1, -0.05) is 20.3 Å². The second-order valence-corrected chi connectivity index (χ2v) is 8.15. The Hall–Kier alpha value is -0.610. The maximum absolute atomic E-state index is 11.1. The lowest BCUT2D eigenvalue weighted by molar-refractivity contribution is 0.0432. The zero-order valence-corrected chi connectivity index (χ0v) is 15.9. The van der Waals surface area contributed by atoms with Crippen molar-refractivity contribution < 1.29 is 19.1 Å². The molecule has 1 rings (SSSR count). The normalized spacial score (nSPS) is 23.8. The van der Waals surface area contributed by atoms with Gasteiger partial charge in [0.1, 0.15) is 0 Å². The first-order chi connectivity index (χ1) is 10.7. The summed E-state index contributed by atoms with van der Waals surface area (Å²) in [5.74, 6) is 0.231. The van der Waals surface area contributed by atoms with Crippen LogP contribution in [0.25, 0.3) is 0 Å². The van der Waals surface area contributed by atoms with Crippen LogP contribution in [0.3, 0.4) is 0 Å². The van der Waals surface area contributed by atoms with Gasteiger partial charge in [0.15, 0.2) is 0 Å². The first kappa shape index (κ1) is 20.4. The zero-order valence-electron chi connectivity index (χ0n) is 15.1. The molecule has 3 N–H and O–H groups in total. The van der Waals surface area contributed by atoms with E-state index in [1.54, 1.807) is 0 Å². The molecule has 1 aliphatic heterocycles. The molecular weight excluding hydrogens is 313 g/mol. The summed E-state index contributed by atoms with van der Waals surface area (Å²) in [7, 11) is -3.99. The fourth-order valence-corrected chi connectivity index (χ4v) is 3.52. The van der Waals surface area contributed by atoms with E-state index in [1.165, 1.54) is 16.7 Å². The Morgan fingerprint density at radius 2 is 1.96 bits per heavy atom. The largest absolute Gasteiger partial charge is 0.387 e. The summed E-state index contributed by atoms with van der Waals surface area (Å²) in [4.78, 5) is 18.2. The Kier molecular flexibility index (Phi) is 8.02. The van der Waals surface area contributed by atoms with Gasteiger partial charge < -0.3 is 19.8 Å². The van der Waals surface area contributed by atoms with Crippen molar-refractivity contribution >= 4 is 7.60 Å². The van der Waals surface area contributed by atoms with E-state index in [1.807, 2.05) is 0 Å². The Morgan fingerprint density at radius 3 is 2.48 bits per heavy atom. The van der Waals surface area contributed by atoms with E-state index in [9.17, 15) is 4.57 Å². The maximum Gasteiger partial charge on any atom is 0.327 e. The molecule has 0 unspecified atom stereocenters. The molecular formula is C17H32NO4P. The monoisotopic (exact) mass is 345 g/mol. The average Bonchev–Trinajstić information content (AvgIpc) is 2.47. The minimum absolute atomic E-state index is 0.0807. The van der Waals surface area contributed by atoms with E-state index in [2.05, 4.69) is 39.9 Å². The van der Waals surface area contributed by atoms with Crippen LogP contribution in [0.4, 0.5) is 0 Å². The molecule has 0 radical (unpaired) electrons. The molecule has 6 heteroatoms. The second-order valence-electron chi connectivity index (χ2n) is 6.38.